The molecule has 4 rings (SSSR count). The second kappa shape index (κ2) is 4.50. The minimum atomic E-state index is -1.07. The van der Waals surface area contributed by atoms with Gasteiger partial charge in [-0.1, -0.05) is 0 Å². The molecule has 2 aromatic rings. The molecule has 0 saturated heterocycles. The molecule has 0 spiro atoms. The Hall–Kier alpha value is -1.49. The number of nitriles is 1. The van der Waals surface area contributed by atoms with Crippen molar-refractivity contribution in [3.8, 4) is 11.8 Å². The zero-order valence-electron chi connectivity index (χ0n) is 11.8. The van der Waals surface area contributed by atoms with Crippen LogP contribution in [0.2, 0.25) is 0 Å². The Labute approximate surface area is 135 Å². The third-order valence-electron chi connectivity index (χ3n) is 4.97. The number of nitrogens with zero attached hydrogens (tertiary/aromatic N) is 3. The second-order valence-electron chi connectivity index (χ2n) is 5.93. The van der Waals surface area contributed by atoms with Gasteiger partial charge >= 0.3 is 136 Å². The van der Waals surface area contributed by atoms with E-state index >= 15 is 0 Å². The summed E-state index contributed by atoms with van der Waals surface area (Å²) in [5.74, 6) is 1.80. The molecule has 3 atom stereocenters. The quantitative estimate of drug-likeness (QED) is 0.631. The molecule has 0 N–H and O–H groups in total. The topological polar surface area (TPSA) is 50.8 Å². The standard InChI is InChI=1S/C15H12N3O.CH2.Tl/c1-15(13-6-17-8-18-13)11-7-19-12-3-2-9(5-16)4-10(12)14(11)15;;/h2-4,6,8,11,14H,7H2,1H3;1H2;/q-1;;+1/t11-,14+,15-;;/m0../s1. The van der Waals surface area contributed by atoms with Gasteiger partial charge in [0, 0.05) is 0 Å². The van der Waals surface area contributed by atoms with Crippen molar-refractivity contribution in [2.24, 2.45) is 5.92 Å². The van der Waals surface area contributed by atoms with E-state index < -0.39 is 24.0 Å². The van der Waals surface area contributed by atoms with Crippen LogP contribution in [0.3, 0.4) is 0 Å². The Morgan fingerprint density at radius 3 is 3.14 bits per heavy atom. The molecule has 1 aliphatic heterocycles. The minimum absolute atomic E-state index is 0.0331. The molecule has 21 heavy (non-hydrogen) atoms. The Morgan fingerprint density at radius 1 is 1.57 bits per heavy atom. The Morgan fingerprint density at radius 2 is 2.43 bits per heavy atom. The first-order chi connectivity index (χ1) is 10.2. The summed E-state index contributed by atoms with van der Waals surface area (Å²) in [6.07, 6.45) is 4.11. The summed E-state index contributed by atoms with van der Waals surface area (Å²) >= 11 is -1.07. The molecule has 1 saturated carbocycles. The molecule has 2 heterocycles. The fourth-order valence-electron chi connectivity index (χ4n) is 3.65. The van der Waals surface area contributed by atoms with Crippen molar-refractivity contribution in [3.05, 3.63) is 47.5 Å². The van der Waals surface area contributed by atoms with Crippen molar-refractivity contribution in [3.63, 3.8) is 0 Å². The normalized spacial score (nSPS) is 28.6. The van der Waals surface area contributed by atoms with E-state index in [1.807, 2.05) is 24.5 Å². The molecular formula is C16H14N3OTl. The average molecular weight is 469 g/mol. The summed E-state index contributed by atoms with van der Waals surface area (Å²) in [5.41, 5.74) is 3.05. The van der Waals surface area contributed by atoms with Crippen LogP contribution in [0.4, 0.5) is 0 Å². The number of imidazole rings is 1. The van der Waals surface area contributed by atoms with Crippen LogP contribution in [0.5, 0.6) is 5.75 Å². The van der Waals surface area contributed by atoms with Crippen LogP contribution < -0.4 is 4.74 Å². The van der Waals surface area contributed by atoms with E-state index in [1.54, 1.807) is 0 Å². The monoisotopic (exact) mass is 469 g/mol. The van der Waals surface area contributed by atoms with Crippen molar-refractivity contribution >= 4 is 28.1 Å². The SMILES string of the molecule is [CH2]=[Tl][n]1cnc([C@@]2(C)[C@@H]3c4cc(C#N)ccc4OC[C@@H]32)c1. The number of hydrogen-bond acceptors (Lipinski definition) is 3. The molecule has 4 nitrogen and oxygen atoms in total. The molecule has 102 valence electrons. The van der Waals surface area contributed by atoms with Crippen LogP contribution in [0, 0.1) is 17.2 Å². The molecular weight excluding hydrogens is 455 g/mol. The van der Waals surface area contributed by atoms with E-state index in [0.29, 0.717) is 17.4 Å². The van der Waals surface area contributed by atoms with Gasteiger partial charge in [-0.3, -0.25) is 0 Å². The van der Waals surface area contributed by atoms with Crippen LogP contribution in [0.25, 0.3) is 0 Å². The molecule has 1 fully saturated rings. The van der Waals surface area contributed by atoms with Gasteiger partial charge in [0.15, 0.2) is 0 Å². The number of rotatable bonds is 2. The Bertz CT molecular complexity index is 791. The van der Waals surface area contributed by atoms with Gasteiger partial charge in [-0.05, 0) is 0 Å². The van der Waals surface area contributed by atoms with E-state index in [0.717, 1.165) is 18.1 Å². The third kappa shape index (κ3) is 1.76. The van der Waals surface area contributed by atoms with Crippen molar-refractivity contribution < 1.29 is 4.74 Å². The average Bonchev–Trinajstić information content (AvgIpc) is 2.91. The summed E-state index contributed by atoms with van der Waals surface area (Å²) in [6.45, 7) is 3.01. The van der Waals surface area contributed by atoms with Gasteiger partial charge in [-0.25, -0.2) is 0 Å². The molecule has 0 unspecified atom stereocenters. The maximum absolute atomic E-state index is 9.11. The fraction of sp³-hybridized carbons (Fsp3) is 0.312. The van der Waals surface area contributed by atoms with E-state index in [2.05, 4.69) is 30.6 Å². The molecule has 0 bridgehead atoms. The first-order valence-electron chi connectivity index (χ1n) is 7.02. The maximum atomic E-state index is 9.11. The number of hydrogen-bond donors (Lipinski definition) is 0. The number of ether oxygens (including phenoxy) is 1. The van der Waals surface area contributed by atoms with Crippen molar-refractivity contribution in [2.45, 2.75) is 18.3 Å². The number of benzene rings is 1. The molecule has 0 amide bonds. The van der Waals surface area contributed by atoms with Gasteiger partial charge in [-0.2, -0.15) is 0 Å². The van der Waals surface area contributed by atoms with Gasteiger partial charge in [0.2, 0.25) is 0 Å². The fourth-order valence-corrected chi connectivity index (χ4v) is 5.23. The third-order valence-corrected chi connectivity index (χ3v) is 7.70. The van der Waals surface area contributed by atoms with Crippen LogP contribution in [-0.4, -0.2) is 42.1 Å². The summed E-state index contributed by atoms with van der Waals surface area (Å²) in [5, 5.41) is 9.11. The zero-order valence-corrected chi connectivity index (χ0v) is 16.3. The van der Waals surface area contributed by atoms with E-state index in [1.165, 1.54) is 5.56 Å². The summed E-state index contributed by atoms with van der Waals surface area (Å²) in [7, 11) is 0. The van der Waals surface area contributed by atoms with Crippen LogP contribution in [0.1, 0.15) is 29.7 Å². The predicted molar refractivity (Wildman–Crippen MR) is 80.7 cm³/mol. The van der Waals surface area contributed by atoms with Crippen molar-refractivity contribution in [1.82, 2.24) is 7.36 Å². The summed E-state index contributed by atoms with van der Waals surface area (Å²) in [4.78, 5) is 4.61. The summed E-state index contributed by atoms with van der Waals surface area (Å²) in [6, 6.07) is 7.95. The molecule has 1 aromatic carbocycles. The van der Waals surface area contributed by atoms with Gasteiger partial charge in [-0.15, -0.1) is 0 Å². The van der Waals surface area contributed by atoms with Crippen molar-refractivity contribution in [1.29, 1.82) is 5.26 Å². The second-order valence-corrected chi connectivity index (χ2v) is 9.67. The molecule has 1 aromatic heterocycles. The predicted octanol–water partition coefficient (Wildman–Crippen LogP) is 1.72. The summed E-state index contributed by atoms with van der Waals surface area (Å²) < 4.78 is 12.2. The number of aromatic nitrogens is 2. The molecule has 2 aliphatic rings. The van der Waals surface area contributed by atoms with Gasteiger partial charge in [0.1, 0.15) is 0 Å². The molecule has 1 aliphatic carbocycles. The Balaban J connectivity index is 1.78. The zero-order chi connectivity index (χ0) is 14.6. The van der Waals surface area contributed by atoms with Crippen molar-refractivity contribution in [2.75, 3.05) is 6.61 Å². The van der Waals surface area contributed by atoms with Gasteiger partial charge in [0.25, 0.3) is 0 Å². The van der Waals surface area contributed by atoms with Crippen LogP contribution >= 0.6 is 0 Å². The number of fused-ring (bicyclic) bond motifs is 3. The van der Waals surface area contributed by atoms with E-state index in [-0.39, 0.29) is 5.41 Å². The molecule has 5 heteroatoms. The first kappa shape index (κ1) is 13.2. The Kier molecular flexibility index (Phi) is 2.83. The molecule has 0 radical (unpaired) electrons. The first-order valence-corrected chi connectivity index (χ1v) is 12.2. The van der Waals surface area contributed by atoms with Gasteiger partial charge in [0.05, 0.1) is 0 Å². The van der Waals surface area contributed by atoms with Gasteiger partial charge < -0.3 is 0 Å². The van der Waals surface area contributed by atoms with E-state index in [9.17, 15) is 0 Å². The van der Waals surface area contributed by atoms with Crippen LogP contribution in [-0.2, 0) is 5.41 Å². The van der Waals surface area contributed by atoms with Crippen LogP contribution in [0.15, 0.2) is 30.7 Å². The van der Waals surface area contributed by atoms with E-state index in [4.69, 9.17) is 10.00 Å².